The van der Waals surface area contributed by atoms with Gasteiger partial charge in [0.15, 0.2) is 0 Å². The van der Waals surface area contributed by atoms with Crippen LogP contribution in [0.2, 0.25) is 4.34 Å². The molecule has 2 N–H and O–H groups in total. The van der Waals surface area contributed by atoms with Crippen molar-refractivity contribution in [3.8, 4) is 5.75 Å². The lowest BCUT2D eigenvalue weighted by molar-refractivity contribution is 0.317. The van der Waals surface area contributed by atoms with Gasteiger partial charge in [0.2, 0.25) is 0 Å². The van der Waals surface area contributed by atoms with E-state index < -0.39 is 0 Å². The summed E-state index contributed by atoms with van der Waals surface area (Å²) >= 11 is 10.9. The van der Waals surface area contributed by atoms with Crippen LogP contribution in [0.4, 0.5) is 0 Å². The Bertz CT molecular complexity index is 539. The van der Waals surface area contributed by atoms with E-state index in [1.54, 1.807) is 0 Å². The molecule has 2 rings (SSSR count). The summed E-state index contributed by atoms with van der Waals surface area (Å²) in [5.74, 6) is 0.858. The highest BCUT2D eigenvalue weighted by Crippen LogP contribution is 2.36. The van der Waals surface area contributed by atoms with Crippen molar-refractivity contribution in [1.29, 1.82) is 0 Å². The Morgan fingerprint density at radius 3 is 2.84 bits per heavy atom. The van der Waals surface area contributed by atoms with Crippen LogP contribution in [-0.2, 0) is 0 Å². The number of halogens is 2. The number of hydrogen-bond acceptors (Lipinski definition) is 3. The van der Waals surface area contributed by atoms with Gasteiger partial charge in [0.25, 0.3) is 0 Å². The van der Waals surface area contributed by atoms with Crippen LogP contribution >= 0.6 is 38.9 Å². The third-order valence-corrected chi connectivity index (χ3v) is 5.22. The number of hydrogen-bond donors (Lipinski definition) is 1. The molecular formula is C14H15BrClNOS. The molecule has 0 aliphatic rings. The van der Waals surface area contributed by atoms with E-state index >= 15 is 0 Å². The normalized spacial score (nSPS) is 12.4. The molecule has 0 fully saturated rings. The van der Waals surface area contributed by atoms with Crippen LogP contribution < -0.4 is 10.5 Å². The molecular weight excluding hydrogens is 346 g/mol. The molecule has 0 spiro atoms. The summed E-state index contributed by atoms with van der Waals surface area (Å²) in [5.41, 5.74) is 7.30. The van der Waals surface area contributed by atoms with Crippen LogP contribution in [0.5, 0.6) is 5.75 Å². The molecule has 2 nitrogen and oxygen atoms in total. The van der Waals surface area contributed by atoms with E-state index in [0.29, 0.717) is 0 Å². The quantitative estimate of drug-likeness (QED) is 0.814. The van der Waals surface area contributed by atoms with Crippen molar-refractivity contribution >= 4 is 38.9 Å². The molecule has 0 radical (unpaired) electrons. The summed E-state index contributed by atoms with van der Waals surface area (Å²) in [6.45, 7) is 2.80. The molecule has 2 aromatic rings. The van der Waals surface area contributed by atoms with Crippen LogP contribution in [0.25, 0.3) is 0 Å². The predicted molar refractivity (Wildman–Crippen MR) is 85.3 cm³/mol. The minimum Gasteiger partial charge on any atom is -0.494 e. The maximum absolute atomic E-state index is 6.27. The number of ether oxygens (including phenoxy) is 1. The third kappa shape index (κ3) is 3.72. The van der Waals surface area contributed by atoms with E-state index in [9.17, 15) is 0 Å². The standard InChI is InChI=1S/C14H15BrClNOS/c1-2-6-18-10-5-3-4-9(7-10)13(17)12-8-11(15)14(16)19-12/h3-5,7-8,13H,2,6,17H2,1H3. The van der Waals surface area contributed by atoms with Gasteiger partial charge in [-0.3, -0.25) is 0 Å². The Labute approximate surface area is 130 Å². The Morgan fingerprint density at radius 1 is 1.42 bits per heavy atom. The minimum atomic E-state index is -0.182. The van der Waals surface area contributed by atoms with Crippen molar-refractivity contribution < 1.29 is 4.74 Å². The van der Waals surface area contributed by atoms with Crippen LogP contribution in [0.1, 0.15) is 29.8 Å². The summed E-state index contributed by atoms with van der Waals surface area (Å²) in [6, 6.07) is 9.69. The van der Waals surface area contributed by atoms with Crippen LogP contribution in [0.15, 0.2) is 34.8 Å². The Kier molecular flexibility index (Phi) is 5.28. The molecule has 0 aliphatic carbocycles. The number of rotatable bonds is 5. The lowest BCUT2D eigenvalue weighted by atomic mass is 10.1. The molecule has 1 aromatic heterocycles. The van der Waals surface area contributed by atoms with Gasteiger partial charge in [0, 0.05) is 9.35 Å². The first kappa shape index (κ1) is 14.9. The maximum atomic E-state index is 6.27. The van der Waals surface area contributed by atoms with Gasteiger partial charge in [0.05, 0.1) is 12.6 Å². The SMILES string of the molecule is CCCOc1cccc(C(N)c2cc(Br)c(Cl)s2)c1. The zero-order chi connectivity index (χ0) is 13.8. The second-order valence-corrected chi connectivity index (χ2v) is 6.71. The third-order valence-electron chi connectivity index (χ3n) is 2.66. The molecule has 0 saturated heterocycles. The molecule has 0 bridgehead atoms. The zero-order valence-corrected chi connectivity index (χ0v) is 13.7. The van der Waals surface area contributed by atoms with Crippen LogP contribution in [-0.4, -0.2) is 6.61 Å². The number of nitrogens with two attached hydrogens (primary N) is 1. The summed E-state index contributed by atoms with van der Waals surface area (Å²) in [5, 5.41) is 0. The first-order valence-electron chi connectivity index (χ1n) is 6.05. The fraction of sp³-hybridized carbons (Fsp3) is 0.286. The van der Waals surface area contributed by atoms with E-state index in [-0.39, 0.29) is 6.04 Å². The van der Waals surface area contributed by atoms with Crippen molar-refractivity contribution in [3.63, 3.8) is 0 Å². The van der Waals surface area contributed by atoms with Crippen molar-refractivity contribution in [2.45, 2.75) is 19.4 Å². The maximum Gasteiger partial charge on any atom is 0.119 e. The Balaban J connectivity index is 2.20. The lowest BCUT2D eigenvalue weighted by Crippen LogP contribution is -2.10. The van der Waals surface area contributed by atoms with Gasteiger partial charge < -0.3 is 10.5 Å². The van der Waals surface area contributed by atoms with E-state index in [1.807, 2.05) is 30.3 Å². The summed E-state index contributed by atoms with van der Waals surface area (Å²) in [6.07, 6.45) is 0.990. The summed E-state index contributed by atoms with van der Waals surface area (Å²) < 4.78 is 7.24. The minimum absolute atomic E-state index is 0.182. The van der Waals surface area contributed by atoms with Crippen molar-refractivity contribution in [3.05, 3.63) is 49.6 Å². The summed E-state index contributed by atoms with van der Waals surface area (Å²) in [4.78, 5) is 1.03. The summed E-state index contributed by atoms with van der Waals surface area (Å²) in [7, 11) is 0. The zero-order valence-electron chi connectivity index (χ0n) is 10.5. The number of thiophene rings is 1. The first-order valence-corrected chi connectivity index (χ1v) is 8.03. The van der Waals surface area contributed by atoms with Gasteiger partial charge in [-0.15, -0.1) is 11.3 Å². The fourth-order valence-electron chi connectivity index (χ4n) is 1.70. The van der Waals surface area contributed by atoms with Crippen LogP contribution in [0.3, 0.4) is 0 Å². The van der Waals surface area contributed by atoms with Crippen molar-refractivity contribution in [2.24, 2.45) is 5.73 Å². The molecule has 19 heavy (non-hydrogen) atoms. The number of benzene rings is 1. The second kappa shape index (κ2) is 6.75. The smallest absolute Gasteiger partial charge is 0.119 e. The molecule has 5 heteroatoms. The first-order chi connectivity index (χ1) is 9.11. The largest absolute Gasteiger partial charge is 0.494 e. The van der Waals surface area contributed by atoms with Gasteiger partial charge in [0.1, 0.15) is 10.1 Å². The topological polar surface area (TPSA) is 35.2 Å². The van der Waals surface area contributed by atoms with Gasteiger partial charge in [-0.2, -0.15) is 0 Å². The van der Waals surface area contributed by atoms with E-state index in [0.717, 1.165) is 38.0 Å². The molecule has 0 aliphatic heterocycles. The van der Waals surface area contributed by atoms with E-state index in [4.69, 9.17) is 22.1 Å². The Hall–Kier alpha value is -0.550. The van der Waals surface area contributed by atoms with Crippen molar-refractivity contribution in [1.82, 2.24) is 0 Å². The van der Waals surface area contributed by atoms with E-state index in [1.165, 1.54) is 11.3 Å². The highest BCUT2D eigenvalue weighted by Gasteiger charge is 2.14. The van der Waals surface area contributed by atoms with Crippen LogP contribution in [0, 0.1) is 0 Å². The molecule has 1 unspecified atom stereocenters. The molecule has 0 amide bonds. The average Bonchev–Trinajstić information content (AvgIpc) is 2.76. The van der Waals surface area contributed by atoms with Gasteiger partial charge in [-0.05, 0) is 46.1 Å². The average molecular weight is 361 g/mol. The van der Waals surface area contributed by atoms with Gasteiger partial charge >= 0.3 is 0 Å². The lowest BCUT2D eigenvalue weighted by Gasteiger charge is -2.12. The Morgan fingerprint density at radius 2 is 2.21 bits per heavy atom. The highest BCUT2D eigenvalue weighted by molar-refractivity contribution is 9.10. The molecule has 1 heterocycles. The monoisotopic (exact) mass is 359 g/mol. The fourth-order valence-corrected chi connectivity index (χ4v) is 3.46. The van der Waals surface area contributed by atoms with Gasteiger partial charge in [-0.25, -0.2) is 0 Å². The molecule has 102 valence electrons. The highest BCUT2D eigenvalue weighted by atomic mass is 79.9. The van der Waals surface area contributed by atoms with Crippen molar-refractivity contribution in [2.75, 3.05) is 6.61 Å². The van der Waals surface area contributed by atoms with Gasteiger partial charge in [-0.1, -0.05) is 30.7 Å². The predicted octanol–water partition coefficient (Wildman–Crippen LogP) is 5.00. The molecule has 1 atom stereocenters. The molecule has 1 aromatic carbocycles. The molecule has 0 saturated carbocycles. The van der Waals surface area contributed by atoms with E-state index in [2.05, 4.69) is 22.9 Å². The second-order valence-electron chi connectivity index (χ2n) is 4.17.